The Bertz CT molecular complexity index is 1470. The van der Waals surface area contributed by atoms with Crippen molar-refractivity contribution in [3.63, 3.8) is 0 Å². The number of carbonyl (C=O) groups is 2. The van der Waals surface area contributed by atoms with Crippen LogP contribution in [0.4, 0.5) is 5.69 Å². The molecule has 4 rings (SSSR count). The maximum Gasteiger partial charge on any atom is 0.338 e. The zero-order valence-electron chi connectivity index (χ0n) is 20.4. The standard InChI is InChI=1S/C28H21Br2N3O4S/c1-3-36-27(35)18-8-10-21(11-9-18)32-28-33(2)26(34)24(38-28)14-17-12-22(29)25(23(30)13-17)37-16-20-7-5-4-6-19(20)15-31/h4-14H,3,16H2,1-2H3. The predicted molar refractivity (Wildman–Crippen MR) is 155 cm³/mol. The van der Waals surface area contributed by atoms with Crippen LogP contribution in [0.2, 0.25) is 0 Å². The van der Waals surface area contributed by atoms with Gasteiger partial charge in [-0.2, -0.15) is 5.26 Å². The second kappa shape index (κ2) is 12.4. The van der Waals surface area contributed by atoms with Crippen LogP contribution in [-0.4, -0.2) is 35.6 Å². The van der Waals surface area contributed by atoms with E-state index in [0.29, 0.717) is 48.2 Å². The smallest absolute Gasteiger partial charge is 0.338 e. The third-order valence-corrected chi connectivity index (χ3v) is 7.67. The zero-order chi connectivity index (χ0) is 27.2. The molecule has 0 atom stereocenters. The van der Waals surface area contributed by atoms with Gasteiger partial charge in [0.2, 0.25) is 0 Å². The quantitative estimate of drug-likeness (QED) is 0.200. The number of aliphatic imine (C=N–C) groups is 1. The number of hydrogen-bond acceptors (Lipinski definition) is 7. The molecule has 1 heterocycles. The lowest BCUT2D eigenvalue weighted by atomic mass is 10.1. The maximum atomic E-state index is 12.9. The summed E-state index contributed by atoms with van der Waals surface area (Å²) in [4.78, 5) is 31.3. The van der Waals surface area contributed by atoms with Gasteiger partial charge in [-0.3, -0.25) is 9.69 Å². The molecule has 1 aliphatic rings. The van der Waals surface area contributed by atoms with E-state index in [4.69, 9.17) is 9.47 Å². The highest BCUT2D eigenvalue weighted by Gasteiger charge is 2.30. The van der Waals surface area contributed by atoms with Gasteiger partial charge < -0.3 is 9.47 Å². The van der Waals surface area contributed by atoms with Gasteiger partial charge in [0, 0.05) is 12.6 Å². The summed E-state index contributed by atoms with van der Waals surface area (Å²) in [5.41, 5.74) is 3.20. The lowest BCUT2D eigenvalue weighted by Gasteiger charge is -2.12. The van der Waals surface area contributed by atoms with Gasteiger partial charge in [0.1, 0.15) is 12.4 Å². The number of likely N-dealkylation sites (N-methyl/N-ethyl adjacent to an activating group) is 1. The summed E-state index contributed by atoms with van der Waals surface area (Å²) in [6.07, 6.45) is 1.79. The van der Waals surface area contributed by atoms with Crippen molar-refractivity contribution in [3.8, 4) is 11.8 Å². The van der Waals surface area contributed by atoms with Crippen molar-refractivity contribution < 1.29 is 19.1 Å². The third-order valence-electron chi connectivity index (χ3n) is 5.43. The van der Waals surface area contributed by atoms with Gasteiger partial charge in [-0.05, 0) is 105 Å². The molecule has 1 amide bonds. The molecule has 0 unspecified atom stereocenters. The fourth-order valence-electron chi connectivity index (χ4n) is 3.51. The Morgan fingerprint density at radius 2 is 1.82 bits per heavy atom. The number of carbonyl (C=O) groups excluding carboxylic acids is 2. The van der Waals surface area contributed by atoms with E-state index in [0.717, 1.165) is 11.1 Å². The molecule has 192 valence electrons. The van der Waals surface area contributed by atoms with Gasteiger partial charge in [-0.25, -0.2) is 9.79 Å². The number of halogens is 2. The van der Waals surface area contributed by atoms with Gasteiger partial charge >= 0.3 is 5.97 Å². The second-order valence-corrected chi connectivity index (χ2v) is 10.7. The van der Waals surface area contributed by atoms with Gasteiger partial charge in [-0.15, -0.1) is 0 Å². The Kier molecular flexibility index (Phi) is 9.05. The number of hydrogen-bond donors (Lipinski definition) is 0. The van der Waals surface area contributed by atoms with E-state index in [1.165, 1.54) is 16.7 Å². The first-order chi connectivity index (χ1) is 18.3. The average Bonchev–Trinajstić information content (AvgIpc) is 3.16. The van der Waals surface area contributed by atoms with Crippen LogP contribution < -0.4 is 4.74 Å². The van der Waals surface area contributed by atoms with Crippen molar-refractivity contribution in [2.24, 2.45) is 4.99 Å². The molecule has 10 heteroatoms. The number of ether oxygens (including phenoxy) is 2. The van der Waals surface area contributed by atoms with Crippen LogP contribution >= 0.6 is 43.6 Å². The molecular weight excluding hydrogens is 634 g/mol. The molecule has 0 saturated carbocycles. The summed E-state index contributed by atoms with van der Waals surface area (Å²) in [5, 5.41) is 9.83. The summed E-state index contributed by atoms with van der Waals surface area (Å²) in [5.74, 6) is 0.0358. The van der Waals surface area contributed by atoms with E-state index in [9.17, 15) is 14.9 Å². The number of amidine groups is 1. The molecule has 1 fully saturated rings. The number of amides is 1. The topological polar surface area (TPSA) is 92.0 Å². The minimum atomic E-state index is -0.389. The number of nitrogens with zero attached hydrogens (tertiary/aromatic N) is 3. The molecule has 0 radical (unpaired) electrons. The van der Waals surface area contributed by atoms with E-state index >= 15 is 0 Å². The molecule has 0 N–H and O–H groups in total. The first-order valence-corrected chi connectivity index (χ1v) is 13.8. The van der Waals surface area contributed by atoms with Gasteiger partial charge in [0.25, 0.3) is 5.91 Å². The summed E-state index contributed by atoms with van der Waals surface area (Å²) in [6, 6.07) is 19.9. The Balaban J connectivity index is 1.51. The fourth-order valence-corrected chi connectivity index (χ4v) is 5.94. The second-order valence-electron chi connectivity index (χ2n) is 8.01. The molecule has 3 aromatic carbocycles. The number of esters is 1. The molecule has 1 aliphatic heterocycles. The highest BCUT2D eigenvalue weighted by Crippen LogP contribution is 2.38. The molecule has 3 aromatic rings. The summed E-state index contributed by atoms with van der Waals surface area (Å²) >= 11 is 8.38. The molecule has 7 nitrogen and oxygen atoms in total. The molecular formula is C28H21Br2N3O4S. The lowest BCUT2D eigenvalue weighted by Crippen LogP contribution is -2.23. The first kappa shape index (κ1) is 27.6. The first-order valence-electron chi connectivity index (χ1n) is 11.4. The van der Waals surface area contributed by atoms with Crippen LogP contribution in [0.25, 0.3) is 6.08 Å². The number of nitriles is 1. The normalized spacial score (nSPS) is 15.1. The Hall–Kier alpha value is -3.39. The van der Waals surface area contributed by atoms with E-state index in [1.54, 1.807) is 50.4 Å². The van der Waals surface area contributed by atoms with Crippen molar-refractivity contribution in [1.29, 1.82) is 5.26 Å². The molecule has 1 saturated heterocycles. The largest absolute Gasteiger partial charge is 0.486 e. The Morgan fingerprint density at radius 3 is 2.47 bits per heavy atom. The van der Waals surface area contributed by atoms with Crippen molar-refractivity contribution in [2.75, 3.05) is 13.7 Å². The third kappa shape index (κ3) is 6.35. The fraction of sp³-hybridized carbons (Fsp3) is 0.143. The van der Waals surface area contributed by atoms with Gasteiger partial charge in [0.15, 0.2) is 5.17 Å². The Morgan fingerprint density at radius 1 is 1.13 bits per heavy atom. The van der Waals surface area contributed by atoms with Crippen LogP contribution in [0.15, 0.2) is 79.5 Å². The van der Waals surface area contributed by atoms with Gasteiger partial charge in [0.05, 0.1) is 43.3 Å². The number of thioether (sulfide) groups is 1. The SMILES string of the molecule is CCOC(=O)c1ccc(N=C2SC(=Cc3cc(Br)c(OCc4ccccc4C#N)c(Br)c3)C(=O)N2C)cc1. The monoisotopic (exact) mass is 653 g/mol. The van der Waals surface area contributed by atoms with E-state index < -0.39 is 0 Å². The Labute approximate surface area is 241 Å². The number of rotatable bonds is 7. The number of benzene rings is 3. The van der Waals surface area contributed by atoms with Crippen LogP contribution in [0.1, 0.15) is 34.0 Å². The highest BCUT2D eigenvalue weighted by atomic mass is 79.9. The summed E-state index contributed by atoms with van der Waals surface area (Å²) in [6.45, 7) is 2.30. The molecule has 0 bridgehead atoms. The molecule has 38 heavy (non-hydrogen) atoms. The van der Waals surface area contributed by atoms with E-state index in [1.807, 2.05) is 30.3 Å². The van der Waals surface area contributed by atoms with Gasteiger partial charge in [-0.1, -0.05) is 18.2 Å². The average molecular weight is 655 g/mol. The minimum absolute atomic E-state index is 0.169. The molecule has 0 spiro atoms. The summed E-state index contributed by atoms with van der Waals surface area (Å²) in [7, 11) is 1.67. The predicted octanol–water partition coefficient (Wildman–Crippen LogP) is 7.07. The minimum Gasteiger partial charge on any atom is -0.486 e. The van der Waals surface area contributed by atoms with Crippen LogP contribution in [0.5, 0.6) is 5.75 Å². The molecule has 0 aromatic heterocycles. The van der Waals surface area contributed by atoms with Crippen molar-refractivity contribution >= 4 is 72.4 Å². The van der Waals surface area contributed by atoms with E-state index in [2.05, 4.69) is 42.9 Å². The molecule has 0 aliphatic carbocycles. The summed E-state index contributed by atoms with van der Waals surface area (Å²) < 4.78 is 12.4. The maximum absolute atomic E-state index is 12.9. The van der Waals surface area contributed by atoms with Crippen molar-refractivity contribution in [2.45, 2.75) is 13.5 Å². The van der Waals surface area contributed by atoms with E-state index in [-0.39, 0.29) is 18.5 Å². The zero-order valence-corrected chi connectivity index (χ0v) is 24.4. The van der Waals surface area contributed by atoms with Crippen molar-refractivity contribution in [3.05, 3.63) is 96.8 Å². The lowest BCUT2D eigenvalue weighted by molar-refractivity contribution is -0.121. The van der Waals surface area contributed by atoms with Crippen LogP contribution in [0, 0.1) is 11.3 Å². The van der Waals surface area contributed by atoms with Crippen molar-refractivity contribution in [1.82, 2.24) is 4.90 Å². The highest BCUT2D eigenvalue weighted by molar-refractivity contribution is 9.11. The van der Waals surface area contributed by atoms with Crippen LogP contribution in [-0.2, 0) is 16.1 Å². The van der Waals surface area contributed by atoms with Crippen LogP contribution in [0.3, 0.4) is 0 Å².